The van der Waals surface area contributed by atoms with Gasteiger partial charge in [-0.25, -0.2) is 15.0 Å². The summed E-state index contributed by atoms with van der Waals surface area (Å²) in [7, 11) is 0. The first-order valence-corrected chi connectivity index (χ1v) is 17.2. The Morgan fingerprint density at radius 2 is 1.18 bits per heavy atom. The van der Waals surface area contributed by atoms with Gasteiger partial charge in [0.1, 0.15) is 11.1 Å². The van der Waals surface area contributed by atoms with Crippen molar-refractivity contribution in [1.29, 1.82) is 0 Å². The minimum Gasteiger partial charge on any atom is -0.454 e. The van der Waals surface area contributed by atoms with Crippen molar-refractivity contribution >= 4 is 86.0 Å². The summed E-state index contributed by atoms with van der Waals surface area (Å²) in [6, 6.07) is 43.8. The maximum Gasteiger partial charge on any atom is 0.165 e. The second kappa shape index (κ2) is 10.5. The fourth-order valence-electron chi connectivity index (χ4n) is 7.33. The Labute approximate surface area is 288 Å². The Morgan fingerprint density at radius 3 is 2.08 bits per heavy atom. The summed E-state index contributed by atoms with van der Waals surface area (Å²) in [6.07, 6.45) is 3.81. The highest BCUT2D eigenvalue weighted by molar-refractivity contribution is 7.25. The van der Waals surface area contributed by atoms with Crippen molar-refractivity contribution in [2.45, 2.75) is 0 Å². The molecule has 0 amide bonds. The highest BCUT2D eigenvalue weighted by atomic mass is 32.1. The molecular weight excluding hydrogens is 635 g/mol. The van der Waals surface area contributed by atoms with E-state index in [1.54, 1.807) is 11.3 Å². The Balaban J connectivity index is 1.22. The molecule has 0 saturated carbocycles. The lowest BCUT2D eigenvalue weighted by molar-refractivity contribution is 0.668. The molecular formula is C43H23N5OS. The van der Waals surface area contributed by atoms with Crippen LogP contribution >= 0.6 is 11.3 Å². The van der Waals surface area contributed by atoms with Crippen LogP contribution in [0.15, 0.2) is 144 Å². The number of fused-ring (bicyclic) bond motifs is 11. The van der Waals surface area contributed by atoms with E-state index in [0.717, 1.165) is 65.6 Å². The van der Waals surface area contributed by atoms with Crippen LogP contribution in [-0.2, 0) is 0 Å². The second-order valence-corrected chi connectivity index (χ2v) is 13.5. The SMILES string of the molecule is c1ccc2c(c1)ccc1c2cnc2cccc(-c3nc(-c4cnc5c(c4)oc4ccccc45)nc(-c4cccc5sc6ccccc6c45)n3)c21. The van der Waals surface area contributed by atoms with Crippen LogP contribution in [0.4, 0.5) is 0 Å². The van der Waals surface area contributed by atoms with Crippen molar-refractivity contribution in [3.8, 4) is 34.2 Å². The number of aromatic nitrogens is 5. The molecule has 0 aliphatic heterocycles. The van der Waals surface area contributed by atoms with E-state index in [2.05, 4.69) is 84.9 Å². The van der Waals surface area contributed by atoms with Gasteiger partial charge in [0.2, 0.25) is 0 Å². The first kappa shape index (κ1) is 27.4. The fourth-order valence-corrected chi connectivity index (χ4v) is 8.46. The van der Waals surface area contributed by atoms with Gasteiger partial charge in [0.05, 0.1) is 5.52 Å². The third kappa shape index (κ3) is 4.04. The molecule has 0 aliphatic carbocycles. The predicted octanol–water partition coefficient (Wildman–Crippen LogP) is 11.4. The van der Waals surface area contributed by atoms with E-state index >= 15 is 0 Å². The smallest absolute Gasteiger partial charge is 0.165 e. The molecule has 11 aromatic rings. The lowest BCUT2D eigenvalue weighted by atomic mass is 9.97. The number of benzene rings is 6. The number of para-hydroxylation sites is 1. The summed E-state index contributed by atoms with van der Waals surface area (Å²) in [5.41, 5.74) is 5.77. The Hall–Kier alpha value is -6.57. The Kier molecular flexibility index (Phi) is 5.73. The number of furan rings is 1. The van der Waals surface area contributed by atoms with E-state index in [1.165, 1.54) is 20.2 Å². The molecule has 11 rings (SSSR count). The predicted molar refractivity (Wildman–Crippen MR) is 204 cm³/mol. The minimum absolute atomic E-state index is 0.520. The lowest BCUT2D eigenvalue weighted by Crippen LogP contribution is -2.01. The third-order valence-corrected chi connectivity index (χ3v) is 10.7. The highest BCUT2D eigenvalue weighted by Gasteiger charge is 2.20. The molecule has 0 atom stereocenters. The topological polar surface area (TPSA) is 77.6 Å². The van der Waals surface area contributed by atoms with Gasteiger partial charge in [-0.05, 0) is 52.6 Å². The number of thiophene rings is 1. The monoisotopic (exact) mass is 657 g/mol. The van der Waals surface area contributed by atoms with Crippen LogP contribution in [0.5, 0.6) is 0 Å². The summed E-state index contributed by atoms with van der Waals surface area (Å²) in [5.74, 6) is 1.69. The van der Waals surface area contributed by atoms with Gasteiger partial charge in [0.15, 0.2) is 23.1 Å². The van der Waals surface area contributed by atoms with Crippen molar-refractivity contribution < 1.29 is 4.42 Å². The lowest BCUT2D eigenvalue weighted by Gasteiger charge is -2.13. The second-order valence-electron chi connectivity index (χ2n) is 12.5. The normalized spacial score (nSPS) is 12.0. The molecule has 0 saturated heterocycles. The van der Waals surface area contributed by atoms with Crippen molar-refractivity contribution in [2.75, 3.05) is 0 Å². The van der Waals surface area contributed by atoms with Gasteiger partial charge < -0.3 is 4.42 Å². The first-order chi connectivity index (χ1) is 24.8. The highest BCUT2D eigenvalue weighted by Crippen LogP contribution is 2.41. The maximum atomic E-state index is 6.24. The molecule has 5 aromatic heterocycles. The molecule has 6 aromatic carbocycles. The van der Waals surface area contributed by atoms with Crippen LogP contribution in [0.25, 0.3) is 109 Å². The van der Waals surface area contributed by atoms with Crippen LogP contribution in [-0.4, -0.2) is 24.9 Å². The van der Waals surface area contributed by atoms with Gasteiger partial charge in [0.25, 0.3) is 0 Å². The molecule has 0 spiro atoms. The minimum atomic E-state index is 0.520. The molecule has 5 heterocycles. The Morgan fingerprint density at radius 1 is 0.460 bits per heavy atom. The maximum absolute atomic E-state index is 6.24. The largest absolute Gasteiger partial charge is 0.454 e. The molecule has 0 N–H and O–H groups in total. The van der Waals surface area contributed by atoms with Gasteiger partial charge in [-0.15, -0.1) is 11.3 Å². The number of nitrogens with zero attached hydrogens (tertiary/aromatic N) is 5. The summed E-state index contributed by atoms with van der Waals surface area (Å²) in [5, 5.41) is 8.83. The zero-order chi connectivity index (χ0) is 32.8. The van der Waals surface area contributed by atoms with E-state index in [4.69, 9.17) is 29.3 Å². The molecule has 50 heavy (non-hydrogen) atoms. The first-order valence-electron chi connectivity index (χ1n) is 16.4. The molecule has 0 fully saturated rings. The summed E-state index contributed by atoms with van der Waals surface area (Å²) >= 11 is 1.78. The van der Waals surface area contributed by atoms with Crippen LogP contribution in [0, 0.1) is 0 Å². The number of hydrogen-bond acceptors (Lipinski definition) is 7. The quantitative estimate of drug-likeness (QED) is 0.176. The van der Waals surface area contributed by atoms with E-state index in [0.29, 0.717) is 23.1 Å². The fraction of sp³-hybridized carbons (Fsp3) is 0. The Bertz CT molecular complexity index is 3180. The van der Waals surface area contributed by atoms with Crippen molar-refractivity contribution in [2.24, 2.45) is 0 Å². The van der Waals surface area contributed by atoms with Gasteiger partial charge in [-0.3, -0.25) is 9.97 Å². The van der Waals surface area contributed by atoms with E-state index in [1.807, 2.05) is 54.9 Å². The van der Waals surface area contributed by atoms with E-state index < -0.39 is 0 Å². The molecule has 0 unspecified atom stereocenters. The molecule has 0 aliphatic rings. The zero-order valence-corrected chi connectivity index (χ0v) is 27.1. The molecule has 7 heteroatoms. The number of hydrogen-bond donors (Lipinski definition) is 0. The van der Waals surface area contributed by atoms with Crippen molar-refractivity contribution in [3.05, 3.63) is 140 Å². The zero-order valence-electron chi connectivity index (χ0n) is 26.3. The van der Waals surface area contributed by atoms with Crippen molar-refractivity contribution in [1.82, 2.24) is 24.9 Å². The molecule has 0 radical (unpaired) electrons. The van der Waals surface area contributed by atoms with E-state index in [9.17, 15) is 0 Å². The van der Waals surface area contributed by atoms with E-state index in [-0.39, 0.29) is 0 Å². The number of pyridine rings is 2. The average Bonchev–Trinajstić information content (AvgIpc) is 3.75. The molecule has 6 nitrogen and oxygen atoms in total. The van der Waals surface area contributed by atoms with Crippen LogP contribution in [0.3, 0.4) is 0 Å². The van der Waals surface area contributed by atoms with Crippen molar-refractivity contribution in [3.63, 3.8) is 0 Å². The van der Waals surface area contributed by atoms with Crippen LogP contribution < -0.4 is 0 Å². The summed E-state index contributed by atoms with van der Waals surface area (Å²) < 4.78 is 8.65. The summed E-state index contributed by atoms with van der Waals surface area (Å²) in [4.78, 5) is 25.4. The summed E-state index contributed by atoms with van der Waals surface area (Å²) in [6.45, 7) is 0. The van der Waals surface area contributed by atoms with Gasteiger partial charge in [-0.1, -0.05) is 91.0 Å². The number of rotatable bonds is 3. The molecule has 232 valence electrons. The third-order valence-electron chi connectivity index (χ3n) is 9.61. The van der Waals surface area contributed by atoms with Gasteiger partial charge in [0, 0.05) is 65.4 Å². The van der Waals surface area contributed by atoms with Gasteiger partial charge in [-0.2, -0.15) is 0 Å². The average molecular weight is 658 g/mol. The molecule has 0 bridgehead atoms. The standard InChI is InChI=1S/C43H23N5OS/c1-2-10-26-24(9-1)19-20-27-32(26)23-44-33-15-7-13-30(38(27)33)42-46-41(25-21-35-40(45-22-25)28-11-3-5-16-34(28)49-35)47-43(48-42)31-14-8-18-37-39(31)29-12-4-6-17-36(29)50-37/h1-23H. The van der Waals surface area contributed by atoms with Crippen LogP contribution in [0.1, 0.15) is 0 Å². The van der Waals surface area contributed by atoms with Gasteiger partial charge >= 0.3 is 0 Å². The van der Waals surface area contributed by atoms with Crippen LogP contribution in [0.2, 0.25) is 0 Å².